The van der Waals surface area contributed by atoms with Crippen molar-refractivity contribution >= 4 is 17.7 Å². The first-order valence-corrected chi connectivity index (χ1v) is 8.64. The zero-order valence-electron chi connectivity index (χ0n) is 14.7. The second-order valence-electron chi connectivity index (χ2n) is 6.47. The molecule has 25 heavy (non-hydrogen) atoms. The molecule has 1 aromatic carbocycles. The van der Waals surface area contributed by atoms with Crippen LogP contribution >= 0.6 is 0 Å². The molecular formula is C19H25NO5. The summed E-state index contributed by atoms with van der Waals surface area (Å²) in [6.45, 7) is 2.96. The molecule has 6 nitrogen and oxygen atoms in total. The zero-order valence-corrected chi connectivity index (χ0v) is 14.7. The number of ketones is 1. The molecule has 136 valence electrons. The lowest BCUT2D eigenvalue weighted by atomic mass is 9.86. The van der Waals surface area contributed by atoms with Gasteiger partial charge in [0.05, 0.1) is 0 Å². The monoisotopic (exact) mass is 347 g/mol. The summed E-state index contributed by atoms with van der Waals surface area (Å²) in [6, 6.07) is 6.72. The smallest absolute Gasteiger partial charge is 0.344 e. The first kappa shape index (κ1) is 19.0. The molecule has 1 aliphatic rings. The summed E-state index contributed by atoms with van der Waals surface area (Å²) in [4.78, 5) is 34.9. The molecule has 0 heterocycles. The van der Waals surface area contributed by atoms with Gasteiger partial charge >= 0.3 is 5.97 Å². The van der Waals surface area contributed by atoms with E-state index in [4.69, 9.17) is 9.47 Å². The van der Waals surface area contributed by atoms with Crippen molar-refractivity contribution in [3.05, 3.63) is 29.8 Å². The number of hydrogen-bond acceptors (Lipinski definition) is 5. The number of amides is 1. The molecule has 0 aromatic heterocycles. The van der Waals surface area contributed by atoms with Crippen molar-refractivity contribution in [3.8, 4) is 5.75 Å². The van der Waals surface area contributed by atoms with Gasteiger partial charge in [-0.3, -0.25) is 9.59 Å². The summed E-state index contributed by atoms with van der Waals surface area (Å²) in [5.74, 6) is -0.136. The summed E-state index contributed by atoms with van der Waals surface area (Å²) >= 11 is 0. The second-order valence-corrected chi connectivity index (χ2v) is 6.47. The Morgan fingerprint density at radius 3 is 2.64 bits per heavy atom. The van der Waals surface area contributed by atoms with Gasteiger partial charge < -0.3 is 14.8 Å². The number of Topliss-reactive ketones (excluding diaryl/α,β-unsaturated/α-hetero) is 1. The molecule has 0 saturated heterocycles. The van der Waals surface area contributed by atoms with Crippen molar-refractivity contribution in [2.75, 3.05) is 13.2 Å². The summed E-state index contributed by atoms with van der Waals surface area (Å²) in [5.41, 5.74) is 0.506. The van der Waals surface area contributed by atoms with Crippen molar-refractivity contribution in [1.29, 1.82) is 0 Å². The molecule has 0 aliphatic heterocycles. The predicted molar refractivity (Wildman–Crippen MR) is 92.5 cm³/mol. The van der Waals surface area contributed by atoms with Crippen LogP contribution in [0, 0.1) is 5.92 Å². The highest BCUT2D eigenvalue weighted by Crippen LogP contribution is 2.23. The predicted octanol–water partition coefficient (Wildman–Crippen LogP) is 2.51. The Morgan fingerprint density at radius 2 is 1.92 bits per heavy atom. The van der Waals surface area contributed by atoms with Gasteiger partial charge in [-0.2, -0.15) is 0 Å². The van der Waals surface area contributed by atoms with Gasteiger partial charge in [-0.15, -0.1) is 0 Å². The number of ether oxygens (including phenoxy) is 2. The minimum Gasteiger partial charge on any atom is -0.482 e. The third-order valence-electron chi connectivity index (χ3n) is 4.42. The Bertz CT molecular complexity index is 628. The lowest BCUT2D eigenvalue weighted by Crippen LogP contribution is -2.43. The van der Waals surface area contributed by atoms with Gasteiger partial charge in [0.2, 0.25) is 0 Å². The van der Waals surface area contributed by atoms with Crippen molar-refractivity contribution in [2.45, 2.75) is 45.6 Å². The van der Waals surface area contributed by atoms with Crippen LogP contribution in [0.15, 0.2) is 24.3 Å². The van der Waals surface area contributed by atoms with Crippen LogP contribution < -0.4 is 10.1 Å². The number of esters is 1. The fourth-order valence-electron chi connectivity index (χ4n) is 2.91. The highest BCUT2D eigenvalue weighted by atomic mass is 16.6. The topological polar surface area (TPSA) is 81.7 Å². The van der Waals surface area contributed by atoms with E-state index < -0.39 is 5.97 Å². The maximum absolute atomic E-state index is 11.9. The molecule has 6 heteroatoms. The number of rotatable bonds is 7. The van der Waals surface area contributed by atoms with Crippen molar-refractivity contribution < 1.29 is 23.9 Å². The van der Waals surface area contributed by atoms with Crippen LogP contribution in [0.3, 0.4) is 0 Å². The highest BCUT2D eigenvalue weighted by molar-refractivity contribution is 5.94. The quantitative estimate of drug-likeness (QED) is 0.605. The van der Waals surface area contributed by atoms with E-state index in [9.17, 15) is 14.4 Å². The van der Waals surface area contributed by atoms with Crippen LogP contribution in [0.5, 0.6) is 5.75 Å². The van der Waals surface area contributed by atoms with E-state index in [1.165, 1.54) is 13.3 Å². The SMILES string of the molecule is CC(=O)c1cccc(OCC(=O)OCC(=O)N[C@H]2CCCC[C@H]2C)c1. The Hall–Kier alpha value is -2.37. The van der Waals surface area contributed by atoms with E-state index in [1.54, 1.807) is 24.3 Å². The fraction of sp³-hybridized carbons (Fsp3) is 0.526. The van der Waals surface area contributed by atoms with Gasteiger partial charge in [0.25, 0.3) is 5.91 Å². The standard InChI is InChI=1S/C19H25NO5/c1-13-6-3-4-9-17(13)20-18(22)11-25-19(23)12-24-16-8-5-7-15(10-16)14(2)21/h5,7-8,10,13,17H,3-4,6,9,11-12H2,1-2H3,(H,20,22)/t13-,17+/m1/s1. The van der Waals surface area contributed by atoms with Crippen LogP contribution in [0.2, 0.25) is 0 Å². The van der Waals surface area contributed by atoms with E-state index in [0.717, 1.165) is 19.3 Å². The van der Waals surface area contributed by atoms with Gasteiger partial charge in [-0.05, 0) is 37.8 Å². The molecule has 2 atom stereocenters. The van der Waals surface area contributed by atoms with Crippen molar-refractivity contribution in [2.24, 2.45) is 5.92 Å². The van der Waals surface area contributed by atoms with E-state index in [1.807, 2.05) is 0 Å². The highest BCUT2D eigenvalue weighted by Gasteiger charge is 2.23. The van der Waals surface area contributed by atoms with E-state index in [0.29, 0.717) is 17.2 Å². The maximum Gasteiger partial charge on any atom is 0.344 e. The average molecular weight is 347 g/mol. The number of benzene rings is 1. The third-order valence-corrected chi connectivity index (χ3v) is 4.42. The lowest BCUT2D eigenvalue weighted by Gasteiger charge is -2.29. The maximum atomic E-state index is 11.9. The summed E-state index contributed by atoms with van der Waals surface area (Å²) in [7, 11) is 0. The van der Waals surface area contributed by atoms with Gasteiger partial charge in [0.1, 0.15) is 5.75 Å². The first-order chi connectivity index (χ1) is 12.0. The number of hydrogen-bond donors (Lipinski definition) is 1. The Labute approximate surface area is 147 Å². The Morgan fingerprint density at radius 1 is 1.16 bits per heavy atom. The number of nitrogens with one attached hydrogen (secondary N) is 1. The number of carbonyl (C=O) groups excluding carboxylic acids is 3. The fourth-order valence-corrected chi connectivity index (χ4v) is 2.91. The minimum absolute atomic E-state index is 0.0818. The van der Waals surface area contributed by atoms with Crippen LogP contribution in [0.25, 0.3) is 0 Å². The van der Waals surface area contributed by atoms with Crippen LogP contribution in [-0.4, -0.2) is 36.9 Å². The summed E-state index contributed by atoms with van der Waals surface area (Å²) in [5, 5.41) is 2.92. The molecule has 2 rings (SSSR count). The molecule has 0 spiro atoms. The first-order valence-electron chi connectivity index (χ1n) is 8.64. The van der Waals surface area contributed by atoms with Crippen LogP contribution in [0.4, 0.5) is 0 Å². The molecule has 0 radical (unpaired) electrons. The molecule has 1 saturated carbocycles. The van der Waals surface area contributed by atoms with Gasteiger partial charge in [-0.1, -0.05) is 31.9 Å². The Kier molecular flexibility index (Phi) is 6.98. The molecule has 1 N–H and O–H groups in total. The van der Waals surface area contributed by atoms with E-state index >= 15 is 0 Å². The molecule has 0 unspecified atom stereocenters. The molecular weight excluding hydrogens is 322 g/mol. The van der Waals surface area contributed by atoms with Gasteiger partial charge in [-0.25, -0.2) is 4.79 Å². The number of carbonyl (C=O) groups is 3. The minimum atomic E-state index is -0.625. The molecule has 1 aromatic rings. The normalized spacial score (nSPS) is 19.8. The summed E-state index contributed by atoms with van der Waals surface area (Å²) in [6.07, 6.45) is 4.39. The molecule has 1 fully saturated rings. The van der Waals surface area contributed by atoms with Crippen LogP contribution in [0.1, 0.15) is 49.9 Å². The largest absolute Gasteiger partial charge is 0.482 e. The van der Waals surface area contributed by atoms with Crippen LogP contribution in [-0.2, 0) is 14.3 Å². The van der Waals surface area contributed by atoms with Crippen molar-refractivity contribution in [1.82, 2.24) is 5.32 Å². The van der Waals surface area contributed by atoms with Crippen molar-refractivity contribution in [3.63, 3.8) is 0 Å². The summed E-state index contributed by atoms with van der Waals surface area (Å²) < 4.78 is 10.2. The van der Waals surface area contributed by atoms with Gasteiger partial charge in [0, 0.05) is 11.6 Å². The lowest BCUT2D eigenvalue weighted by molar-refractivity contribution is -0.150. The third kappa shape index (κ3) is 6.21. The second kappa shape index (κ2) is 9.20. The molecule has 0 bridgehead atoms. The zero-order chi connectivity index (χ0) is 18.2. The average Bonchev–Trinajstić information content (AvgIpc) is 2.60. The van der Waals surface area contributed by atoms with E-state index in [2.05, 4.69) is 12.2 Å². The van der Waals surface area contributed by atoms with E-state index in [-0.39, 0.29) is 30.9 Å². The molecule has 1 amide bonds. The van der Waals surface area contributed by atoms with Gasteiger partial charge in [0.15, 0.2) is 19.0 Å². The molecule has 1 aliphatic carbocycles. The Balaban J connectivity index is 1.70.